The molecule has 3 aliphatic heterocycles. The summed E-state index contributed by atoms with van der Waals surface area (Å²) in [6, 6.07) is 60.2. The van der Waals surface area contributed by atoms with Crippen LogP contribution in [0.4, 0.5) is 11.4 Å². The highest BCUT2D eigenvalue weighted by Gasteiger charge is 2.49. The van der Waals surface area contributed by atoms with Gasteiger partial charge < -0.3 is 10.6 Å². The maximum absolute atomic E-state index is 3.63. The predicted octanol–water partition coefficient (Wildman–Crippen LogP) is 12.6. The van der Waals surface area contributed by atoms with E-state index >= 15 is 0 Å². The Hall–Kier alpha value is -5.68. The zero-order valence-corrected chi connectivity index (χ0v) is 30.0. The number of nitrogens with one attached hydrogen (secondary N) is 2. The van der Waals surface area contributed by atoms with Crippen LogP contribution in [0.2, 0.25) is 0 Å². The molecule has 10 rings (SSSR count). The average molecular weight is 703 g/mol. The van der Waals surface area contributed by atoms with Crippen molar-refractivity contribution < 1.29 is 0 Å². The first kappa shape index (κ1) is 31.1. The van der Waals surface area contributed by atoms with Gasteiger partial charge in [-0.15, -0.1) is 0 Å². The molecule has 248 valence electrons. The molecule has 1 spiro atoms. The molecular formula is C48H34N2S2. The van der Waals surface area contributed by atoms with Gasteiger partial charge in [-0.1, -0.05) is 163 Å². The third-order valence-corrected chi connectivity index (χ3v) is 12.8. The second kappa shape index (κ2) is 12.8. The van der Waals surface area contributed by atoms with Crippen molar-refractivity contribution in [3.8, 4) is 22.3 Å². The molecular weight excluding hydrogens is 669 g/mol. The Morgan fingerprint density at radius 1 is 0.500 bits per heavy atom. The van der Waals surface area contributed by atoms with E-state index in [1.165, 1.54) is 69.7 Å². The van der Waals surface area contributed by atoms with Crippen LogP contribution < -0.4 is 10.6 Å². The summed E-state index contributed by atoms with van der Waals surface area (Å²) in [5.74, 6) is 0. The lowest BCUT2D eigenvalue weighted by Crippen LogP contribution is -2.37. The Morgan fingerprint density at radius 3 is 1.87 bits per heavy atom. The minimum atomic E-state index is -0.459. The van der Waals surface area contributed by atoms with Gasteiger partial charge in [-0.3, -0.25) is 0 Å². The number of dihydropyridines is 1. The minimum Gasteiger partial charge on any atom is -0.381 e. The van der Waals surface area contributed by atoms with Crippen LogP contribution in [0.1, 0.15) is 27.8 Å². The van der Waals surface area contributed by atoms with E-state index in [0.29, 0.717) is 0 Å². The zero-order chi connectivity index (χ0) is 34.5. The number of benzene rings is 7. The van der Waals surface area contributed by atoms with Gasteiger partial charge in [0.25, 0.3) is 0 Å². The van der Waals surface area contributed by atoms with E-state index in [4.69, 9.17) is 0 Å². The van der Waals surface area contributed by atoms with Crippen molar-refractivity contribution in [3.63, 3.8) is 0 Å². The van der Waals surface area contributed by atoms with E-state index in [9.17, 15) is 0 Å². The highest BCUT2D eigenvalue weighted by molar-refractivity contribution is 8.00. The summed E-state index contributed by atoms with van der Waals surface area (Å²) in [5.41, 5.74) is 14.3. The number of hydrogen-bond donors (Lipinski definition) is 2. The van der Waals surface area contributed by atoms with Crippen LogP contribution in [0.15, 0.2) is 202 Å². The van der Waals surface area contributed by atoms with E-state index < -0.39 is 5.41 Å². The van der Waals surface area contributed by atoms with Crippen LogP contribution in [0.5, 0.6) is 0 Å². The largest absolute Gasteiger partial charge is 0.381 e. The summed E-state index contributed by atoms with van der Waals surface area (Å²) in [6.45, 7) is 0.841. The van der Waals surface area contributed by atoms with Crippen molar-refractivity contribution in [3.05, 3.63) is 210 Å². The fourth-order valence-corrected chi connectivity index (χ4v) is 10.6. The first-order valence-electron chi connectivity index (χ1n) is 17.7. The quantitative estimate of drug-likeness (QED) is 0.186. The Labute approximate surface area is 313 Å². The van der Waals surface area contributed by atoms with E-state index in [2.05, 4.69) is 187 Å². The van der Waals surface area contributed by atoms with Crippen molar-refractivity contribution in [1.82, 2.24) is 5.32 Å². The number of rotatable bonds is 5. The predicted molar refractivity (Wildman–Crippen MR) is 219 cm³/mol. The molecule has 0 radical (unpaired) electrons. The number of fused-ring (bicyclic) bond motifs is 8. The fourth-order valence-electron chi connectivity index (χ4n) is 8.09. The van der Waals surface area contributed by atoms with Crippen LogP contribution in [0, 0.1) is 0 Å². The number of allylic oxidation sites excluding steroid dienone is 2. The van der Waals surface area contributed by atoms with Crippen molar-refractivity contribution in [2.45, 2.75) is 25.0 Å². The highest BCUT2D eigenvalue weighted by atomic mass is 32.2. The van der Waals surface area contributed by atoms with Crippen LogP contribution in [-0.4, -0.2) is 6.54 Å². The second-order valence-corrected chi connectivity index (χ2v) is 15.5. The topological polar surface area (TPSA) is 24.1 Å². The van der Waals surface area contributed by atoms with E-state index in [-0.39, 0.29) is 0 Å². The van der Waals surface area contributed by atoms with Gasteiger partial charge in [0.15, 0.2) is 0 Å². The maximum atomic E-state index is 3.63. The van der Waals surface area contributed by atoms with Crippen molar-refractivity contribution in [2.75, 3.05) is 11.9 Å². The molecule has 0 aliphatic carbocycles. The van der Waals surface area contributed by atoms with Gasteiger partial charge in [-0.05, 0) is 87.0 Å². The summed E-state index contributed by atoms with van der Waals surface area (Å²) in [5, 5.41) is 7.22. The molecule has 52 heavy (non-hydrogen) atoms. The van der Waals surface area contributed by atoms with Gasteiger partial charge in [-0.25, -0.2) is 0 Å². The number of para-hydroxylation sites is 2. The maximum Gasteiger partial charge on any atom is 0.0745 e. The lowest BCUT2D eigenvalue weighted by atomic mass is 9.64. The minimum absolute atomic E-state index is 0.459. The van der Waals surface area contributed by atoms with Gasteiger partial charge in [0.2, 0.25) is 0 Å². The third-order valence-electron chi connectivity index (χ3n) is 10.4. The Morgan fingerprint density at radius 2 is 1.12 bits per heavy atom. The monoisotopic (exact) mass is 702 g/mol. The Kier molecular flexibility index (Phi) is 7.67. The van der Waals surface area contributed by atoms with Gasteiger partial charge in [0, 0.05) is 48.8 Å². The van der Waals surface area contributed by atoms with Gasteiger partial charge in [0.1, 0.15) is 0 Å². The summed E-state index contributed by atoms with van der Waals surface area (Å²) >= 11 is 3.80. The third kappa shape index (κ3) is 5.05. The number of hydrogen-bond acceptors (Lipinski definition) is 4. The molecule has 2 N–H and O–H groups in total. The first-order chi connectivity index (χ1) is 25.8. The summed E-state index contributed by atoms with van der Waals surface area (Å²) in [7, 11) is 0. The molecule has 3 heterocycles. The molecule has 7 aromatic carbocycles. The average Bonchev–Trinajstić information content (AvgIpc) is 3.21. The Balaban J connectivity index is 1.15. The molecule has 0 amide bonds. The molecule has 0 aromatic heterocycles. The van der Waals surface area contributed by atoms with Crippen molar-refractivity contribution in [1.29, 1.82) is 0 Å². The lowest BCUT2D eigenvalue weighted by molar-refractivity contribution is 0.667. The summed E-state index contributed by atoms with van der Waals surface area (Å²) in [6.07, 6.45) is 6.49. The van der Waals surface area contributed by atoms with E-state index in [1.54, 1.807) is 0 Å². The van der Waals surface area contributed by atoms with Gasteiger partial charge in [-0.2, -0.15) is 0 Å². The van der Waals surface area contributed by atoms with Crippen LogP contribution in [0.3, 0.4) is 0 Å². The molecule has 3 aliphatic rings. The fraction of sp³-hybridized carbons (Fsp3) is 0.0417. The smallest absolute Gasteiger partial charge is 0.0745 e. The van der Waals surface area contributed by atoms with Gasteiger partial charge in [0.05, 0.1) is 5.41 Å². The molecule has 0 atom stereocenters. The normalized spacial score (nSPS) is 14.7. The van der Waals surface area contributed by atoms with E-state index in [0.717, 1.165) is 23.6 Å². The molecule has 2 nitrogen and oxygen atoms in total. The SMILES string of the molecule is C1=CCNC(c2ccc3c(c2)Sc2c(-c4ccc(-c5ccccc5Nc5ccccc5)cc4)cccc2C32c3ccccc3Sc3ccccc32)=C1. The van der Waals surface area contributed by atoms with Gasteiger partial charge >= 0.3 is 0 Å². The molecule has 0 saturated heterocycles. The zero-order valence-electron chi connectivity index (χ0n) is 28.3. The standard InChI is InChI=1S/C48H34N2S2/c1-2-13-35(14-3-1)50-43-21-7-4-15-36(43)32-24-26-33(27-25-32)37-16-12-19-41-47(37)52-46-31-34(42-20-10-11-30-49-42)28-29-40(46)48(41)38-17-5-8-22-44(38)51-45-23-9-6-18-39(45)48/h1-29,31,49-50H,30H2. The molecule has 0 unspecified atom stereocenters. The molecule has 4 heteroatoms. The molecule has 0 bridgehead atoms. The second-order valence-electron chi connectivity index (χ2n) is 13.3. The highest BCUT2D eigenvalue weighted by Crippen LogP contribution is 2.62. The first-order valence-corrected chi connectivity index (χ1v) is 19.4. The van der Waals surface area contributed by atoms with Crippen molar-refractivity contribution >= 4 is 40.6 Å². The summed E-state index contributed by atoms with van der Waals surface area (Å²) in [4.78, 5) is 5.23. The molecule has 0 saturated carbocycles. The van der Waals surface area contributed by atoms with Crippen LogP contribution in [-0.2, 0) is 5.41 Å². The van der Waals surface area contributed by atoms with E-state index in [1.807, 2.05) is 29.6 Å². The van der Waals surface area contributed by atoms with Crippen molar-refractivity contribution in [2.24, 2.45) is 0 Å². The number of anilines is 2. The Bertz CT molecular complexity index is 2500. The molecule has 0 fully saturated rings. The van der Waals surface area contributed by atoms with Crippen LogP contribution in [0.25, 0.3) is 28.0 Å². The molecule has 7 aromatic rings. The van der Waals surface area contributed by atoms with Crippen LogP contribution >= 0.6 is 23.5 Å². The lowest BCUT2D eigenvalue weighted by Gasteiger charge is -2.46. The summed E-state index contributed by atoms with van der Waals surface area (Å²) < 4.78 is 0.